The molecule has 4 atom stereocenters. The normalized spacial score (nSPS) is 37.7. The molecule has 0 aromatic rings. The van der Waals surface area contributed by atoms with E-state index in [0.717, 1.165) is 26.1 Å². The summed E-state index contributed by atoms with van der Waals surface area (Å²) in [6.07, 6.45) is 1.81. The van der Waals surface area contributed by atoms with Crippen molar-refractivity contribution in [2.24, 2.45) is 17.3 Å². The van der Waals surface area contributed by atoms with Gasteiger partial charge in [-0.3, -0.25) is 0 Å². The summed E-state index contributed by atoms with van der Waals surface area (Å²) in [6.45, 7) is 9.15. The Labute approximate surface area is 98.5 Å². The Morgan fingerprint density at radius 3 is 2.56 bits per heavy atom. The Balaban J connectivity index is 1.90. The van der Waals surface area contributed by atoms with Crippen LogP contribution in [0.5, 0.6) is 0 Å². The molecule has 0 amide bonds. The monoisotopic (exact) mass is 227 g/mol. The van der Waals surface area contributed by atoms with E-state index in [-0.39, 0.29) is 17.6 Å². The van der Waals surface area contributed by atoms with Crippen molar-refractivity contribution in [3.8, 4) is 0 Å². The third kappa shape index (κ3) is 2.27. The summed E-state index contributed by atoms with van der Waals surface area (Å²) in [5, 5.41) is 19.6. The summed E-state index contributed by atoms with van der Waals surface area (Å²) in [4.78, 5) is 2.42. The number of aliphatic hydroxyl groups is 2. The Bertz CT molecular complexity index is 252. The summed E-state index contributed by atoms with van der Waals surface area (Å²) in [5.74, 6) is 1.18. The van der Waals surface area contributed by atoms with Crippen molar-refractivity contribution in [1.82, 2.24) is 4.90 Å². The van der Waals surface area contributed by atoms with E-state index in [9.17, 15) is 10.2 Å². The minimum Gasteiger partial charge on any atom is -0.393 e. The fraction of sp³-hybridized carbons (Fsp3) is 1.00. The molecule has 1 aliphatic heterocycles. The van der Waals surface area contributed by atoms with Gasteiger partial charge in [0, 0.05) is 31.0 Å². The number of hydrogen-bond acceptors (Lipinski definition) is 3. The van der Waals surface area contributed by atoms with Gasteiger partial charge in [0.15, 0.2) is 0 Å². The third-order valence-electron chi connectivity index (χ3n) is 4.66. The lowest BCUT2D eigenvalue weighted by Crippen LogP contribution is -2.40. The van der Waals surface area contributed by atoms with E-state index >= 15 is 0 Å². The van der Waals surface area contributed by atoms with Crippen molar-refractivity contribution < 1.29 is 10.2 Å². The summed E-state index contributed by atoms with van der Waals surface area (Å²) in [7, 11) is 0. The van der Waals surface area contributed by atoms with Crippen molar-refractivity contribution in [3.63, 3.8) is 0 Å². The summed E-state index contributed by atoms with van der Waals surface area (Å²) < 4.78 is 0. The van der Waals surface area contributed by atoms with Gasteiger partial charge in [-0.1, -0.05) is 13.8 Å². The first-order valence-corrected chi connectivity index (χ1v) is 6.48. The van der Waals surface area contributed by atoms with Crippen LogP contribution in [0.1, 0.15) is 33.6 Å². The van der Waals surface area contributed by atoms with Crippen LogP contribution in [0.2, 0.25) is 0 Å². The lowest BCUT2D eigenvalue weighted by atomic mass is 9.87. The van der Waals surface area contributed by atoms with Crippen molar-refractivity contribution in [2.75, 3.05) is 19.6 Å². The lowest BCUT2D eigenvalue weighted by Gasteiger charge is -2.33. The molecule has 1 saturated carbocycles. The van der Waals surface area contributed by atoms with Crippen molar-refractivity contribution in [2.45, 2.75) is 45.8 Å². The third-order valence-corrected chi connectivity index (χ3v) is 4.66. The van der Waals surface area contributed by atoms with Gasteiger partial charge >= 0.3 is 0 Å². The number of aliphatic hydroxyl groups excluding tert-OH is 2. The van der Waals surface area contributed by atoms with E-state index in [0.29, 0.717) is 11.8 Å². The average Bonchev–Trinajstić information content (AvgIpc) is 2.68. The topological polar surface area (TPSA) is 43.7 Å². The fourth-order valence-electron chi connectivity index (χ4n) is 3.17. The largest absolute Gasteiger partial charge is 0.393 e. The van der Waals surface area contributed by atoms with Crippen LogP contribution in [0.3, 0.4) is 0 Å². The standard InChI is InChI=1S/C13H25NO2/c1-9(15)13(2,3)8-14-6-10-4-5-12(16)11(10)7-14/h9-12,15-16H,4-8H2,1-3H3. The molecule has 1 aliphatic carbocycles. The number of rotatable bonds is 3. The van der Waals surface area contributed by atoms with Crippen LogP contribution in [0, 0.1) is 17.3 Å². The molecule has 16 heavy (non-hydrogen) atoms. The van der Waals surface area contributed by atoms with E-state index in [2.05, 4.69) is 18.7 Å². The number of nitrogens with zero attached hydrogens (tertiary/aromatic N) is 1. The molecule has 2 aliphatic rings. The first kappa shape index (κ1) is 12.3. The molecule has 3 heteroatoms. The van der Waals surface area contributed by atoms with Crippen LogP contribution < -0.4 is 0 Å². The predicted molar refractivity (Wildman–Crippen MR) is 64.1 cm³/mol. The molecular formula is C13H25NO2. The van der Waals surface area contributed by atoms with Crippen LogP contribution in [-0.2, 0) is 0 Å². The molecule has 0 bridgehead atoms. The van der Waals surface area contributed by atoms with E-state index < -0.39 is 0 Å². The average molecular weight is 227 g/mol. The molecule has 1 saturated heterocycles. The number of hydrogen-bond donors (Lipinski definition) is 2. The fourth-order valence-corrected chi connectivity index (χ4v) is 3.17. The second-order valence-corrected chi connectivity index (χ2v) is 6.43. The van der Waals surface area contributed by atoms with E-state index in [1.54, 1.807) is 0 Å². The second-order valence-electron chi connectivity index (χ2n) is 6.43. The Hall–Kier alpha value is -0.120. The number of likely N-dealkylation sites (tertiary alicyclic amines) is 1. The highest BCUT2D eigenvalue weighted by molar-refractivity contribution is 4.95. The van der Waals surface area contributed by atoms with Crippen LogP contribution in [0.15, 0.2) is 0 Å². The molecule has 3 nitrogen and oxygen atoms in total. The van der Waals surface area contributed by atoms with Crippen molar-refractivity contribution in [3.05, 3.63) is 0 Å². The molecule has 1 heterocycles. The summed E-state index contributed by atoms with van der Waals surface area (Å²) in [6, 6.07) is 0. The molecule has 2 rings (SSSR count). The molecular weight excluding hydrogens is 202 g/mol. The van der Waals surface area contributed by atoms with Crippen LogP contribution in [0.4, 0.5) is 0 Å². The zero-order valence-corrected chi connectivity index (χ0v) is 10.7. The minimum atomic E-state index is -0.280. The van der Waals surface area contributed by atoms with Crippen LogP contribution in [-0.4, -0.2) is 47.0 Å². The quantitative estimate of drug-likeness (QED) is 0.759. The van der Waals surface area contributed by atoms with Crippen molar-refractivity contribution in [1.29, 1.82) is 0 Å². The number of fused-ring (bicyclic) bond motifs is 1. The maximum atomic E-state index is 9.85. The predicted octanol–water partition coefficient (Wildman–Crippen LogP) is 1.10. The van der Waals surface area contributed by atoms with Gasteiger partial charge in [-0.05, 0) is 25.7 Å². The first-order valence-electron chi connectivity index (χ1n) is 6.48. The molecule has 0 aromatic heterocycles. The maximum Gasteiger partial charge on any atom is 0.0583 e. The Kier molecular flexibility index (Phi) is 3.30. The highest BCUT2D eigenvalue weighted by Crippen LogP contribution is 2.39. The van der Waals surface area contributed by atoms with E-state index in [4.69, 9.17) is 0 Å². The van der Waals surface area contributed by atoms with E-state index in [1.165, 1.54) is 6.42 Å². The van der Waals surface area contributed by atoms with Gasteiger partial charge in [-0.2, -0.15) is 0 Å². The maximum absolute atomic E-state index is 9.85. The summed E-state index contributed by atoms with van der Waals surface area (Å²) >= 11 is 0. The molecule has 0 aromatic carbocycles. The van der Waals surface area contributed by atoms with Gasteiger partial charge in [0.25, 0.3) is 0 Å². The molecule has 4 unspecified atom stereocenters. The molecule has 0 spiro atoms. The highest BCUT2D eigenvalue weighted by atomic mass is 16.3. The second kappa shape index (κ2) is 4.28. The van der Waals surface area contributed by atoms with Crippen LogP contribution in [0.25, 0.3) is 0 Å². The van der Waals surface area contributed by atoms with Gasteiger partial charge in [0.1, 0.15) is 0 Å². The zero-order valence-electron chi connectivity index (χ0n) is 10.7. The van der Waals surface area contributed by atoms with Gasteiger partial charge in [0.2, 0.25) is 0 Å². The van der Waals surface area contributed by atoms with Crippen molar-refractivity contribution >= 4 is 0 Å². The minimum absolute atomic E-state index is 0.0520. The van der Waals surface area contributed by atoms with Gasteiger partial charge in [-0.15, -0.1) is 0 Å². The molecule has 2 N–H and O–H groups in total. The summed E-state index contributed by atoms with van der Waals surface area (Å²) in [5.41, 5.74) is -0.0520. The van der Waals surface area contributed by atoms with Gasteiger partial charge in [-0.25, -0.2) is 0 Å². The zero-order chi connectivity index (χ0) is 11.9. The SMILES string of the molecule is CC(O)C(C)(C)CN1CC2CCC(O)C2C1. The smallest absolute Gasteiger partial charge is 0.0583 e. The lowest BCUT2D eigenvalue weighted by molar-refractivity contribution is 0.0357. The Morgan fingerprint density at radius 2 is 2.00 bits per heavy atom. The molecule has 0 radical (unpaired) electrons. The highest BCUT2D eigenvalue weighted by Gasteiger charge is 2.43. The van der Waals surface area contributed by atoms with Gasteiger partial charge < -0.3 is 15.1 Å². The van der Waals surface area contributed by atoms with E-state index in [1.807, 2.05) is 6.92 Å². The van der Waals surface area contributed by atoms with Crippen LogP contribution >= 0.6 is 0 Å². The molecule has 2 fully saturated rings. The molecule has 94 valence electrons. The van der Waals surface area contributed by atoms with Gasteiger partial charge in [0.05, 0.1) is 12.2 Å². The Morgan fingerprint density at radius 1 is 1.31 bits per heavy atom. The first-order chi connectivity index (χ1) is 7.40.